The molecule has 16 heavy (non-hydrogen) atoms. The Labute approximate surface area is 102 Å². The molecule has 2 rings (SSSR count). The number of hydrogen-bond donors (Lipinski definition) is 0. The van der Waals surface area contributed by atoms with E-state index in [1.807, 2.05) is 0 Å². The minimum absolute atomic E-state index is 0.880. The molecule has 0 N–H and O–H groups in total. The van der Waals surface area contributed by atoms with Crippen LogP contribution in [0, 0.1) is 17.8 Å². The lowest BCUT2D eigenvalue weighted by atomic mass is 9.72. The smallest absolute Gasteiger partial charge is 0.0203 e. The zero-order chi connectivity index (χ0) is 11.4. The summed E-state index contributed by atoms with van der Waals surface area (Å²) in [4.78, 5) is 0. The van der Waals surface area contributed by atoms with Crippen LogP contribution in [-0.2, 0) is 0 Å². The summed E-state index contributed by atoms with van der Waals surface area (Å²) < 4.78 is 0. The molecule has 92 valence electrons. The second kappa shape index (κ2) is 5.89. The Morgan fingerprint density at radius 1 is 0.875 bits per heavy atom. The van der Waals surface area contributed by atoms with Gasteiger partial charge in [0.25, 0.3) is 0 Å². The van der Waals surface area contributed by atoms with Crippen LogP contribution in [-0.4, -0.2) is 0 Å². The van der Waals surface area contributed by atoms with Crippen molar-refractivity contribution in [3.63, 3.8) is 0 Å². The molecule has 0 heterocycles. The van der Waals surface area contributed by atoms with Gasteiger partial charge in [0.1, 0.15) is 0 Å². The van der Waals surface area contributed by atoms with E-state index in [9.17, 15) is 0 Å². The summed E-state index contributed by atoms with van der Waals surface area (Å²) in [6, 6.07) is 0. The Kier molecular flexibility index (Phi) is 4.49. The van der Waals surface area contributed by atoms with Crippen LogP contribution in [0.15, 0.2) is 12.2 Å². The zero-order valence-corrected chi connectivity index (χ0v) is 11.0. The first-order chi connectivity index (χ1) is 7.81. The molecule has 0 nitrogen and oxygen atoms in total. The van der Waals surface area contributed by atoms with Crippen LogP contribution >= 0.6 is 0 Å². The molecular weight excluding hydrogens is 192 g/mol. The molecule has 0 heteroatoms. The van der Waals surface area contributed by atoms with Crippen molar-refractivity contribution >= 4 is 0 Å². The predicted octanol–water partition coefficient (Wildman–Crippen LogP) is 5.34. The van der Waals surface area contributed by atoms with Crippen molar-refractivity contribution in [3.05, 3.63) is 12.2 Å². The van der Waals surface area contributed by atoms with Crippen molar-refractivity contribution in [3.8, 4) is 0 Å². The Morgan fingerprint density at radius 2 is 1.44 bits per heavy atom. The number of hydrogen-bond acceptors (Lipinski definition) is 0. The molecular formula is C16H28. The molecule has 0 saturated heterocycles. The second-order valence-electron chi connectivity index (χ2n) is 6.04. The quantitative estimate of drug-likeness (QED) is 0.563. The summed E-state index contributed by atoms with van der Waals surface area (Å²) in [5, 5.41) is 0. The molecule has 2 aliphatic carbocycles. The minimum Gasteiger partial charge on any atom is -0.0993 e. The molecule has 2 fully saturated rings. The van der Waals surface area contributed by atoms with E-state index in [0.717, 1.165) is 17.8 Å². The topological polar surface area (TPSA) is 0 Å². The van der Waals surface area contributed by atoms with E-state index in [-0.39, 0.29) is 0 Å². The lowest BCUT2D eigenvalue weighted by Crippen LogP contribution is -2.20. The molecule has 2 aliphatic rings. The summed E-state index contributed by atoms with van der Waals surface area (Å²) in [5.41, 5.74) is 1.63. The van der Waals surface area contributed by atoms with Gasteiger partial charge in [0.15, 0.2) is 0 Å². The van der Waals surface area contributed by atoms with Gasteiger partial charge in [0, 0.05) is 0 Å². The average molecular weight is 220 g/mol. The van der Waals surface area contributed by atoms with Crippen molar-refractivity contribution in [1.82, 2.24) is 0 Å². The lowest BCUT2D eigenvalue weighted by molar-refractivity contribution is 0.269. The van der Waals surface area contributed by atoms with Gasteiger partial charge in [0.2, 0.25) is 0 Å². The average Bonchev–Trinajstić information content (AvgIpc) is 2.39. The Morgan fingerprint density at radius 3 is 2.00 bits per heavy atom. The third-order valence-corrected chi connectivity index (χ3v) is 5.08. The van der Waals surface area contributed by atoms with E-state index in [0.29, 0.717) is 0 Å². The van der Waals surface area contributed by atoms with E-state index in [2.05, 4.69) is 13.5 Å². The van der Waals surface area contributed by atoms with Crippen molar-refractivity contribution < 1.29 is 0 Å². The van der Waals surface area contributed by atoms with E-state index < -0.39 is 0 Å². The summed E-state index contributed by atoms with van der Waals surface area (Å²) >= 11 is 0. The first-order valence-electron chi connectivity index (χ1n) is 7.50. The van der Waals surface area contributed by atoms with Crippen molar-refractivity contribution in [1.29, 1.82) is 0 Å². The van der Waals surface area contributed by atoms with E-state index in [1.54, 1.807) is 5.57 Å². The normalized spacial score (nSPS) is 32.6. The monoisotopic (exact) mass is 220 g/mol. The molecule has 0 amide bonds. The number of allylic oxidation sites excluding steroid dienone is 1. The summed E-state index contributed by atoms with van der Waals surface area (Å²) in [6.07, 6.45) is 14.4. The molecule has 2 saturated carbocycles. The summed E-state index contributed by atoms with van der Waals surface area (Å²) in [5.74, 6) is 2.79. The fourth-order valence-electron chi connectivity index (χ4n) is 3.75. The van der Waals surface area contributed by atoms with E-state index in [4.69, 9.17) is 0 Å². The van der Waals surface area contributed by atoms with Gasteiger partial charge in [0.05, 0.1) is 0 Å². The van der Waals surface area contributed by atoms with Gasteiger partial charge in [-0.25, -0.2) is 0 Å². The van der Waals surface area contributed by atoms with Gasteiger partial charge >= 0.3 is 0 Å². The van der Waals surface area contributed by atoms with E-state index in [1.165, 1.54) is 64.2 Å². The van der Waals surface area contributed by atoms with Gasteiger partial charge in [-0.15, -0.1) is 0 Å². The third-order valence-electron chi connectivity index (χ3n) is 5.08. The Bertz CT molecular complexity index is 214. The van der Waals surface area contributed by atoms with Crippen LogP contribution in [0.25, 0.3) is 0 Å². The molecule has 0 aromatic heterocycles. The van der Waals surface area contributed by atoms with Crippen molar-refractivity contribution in [2.75, 3.05) is 0 Å². The largest absolute Gasteiger partial charge is 0.0993 e. The Hall–Kier alpha value is -0.260. The van der Waals surface area contributed by atoms with Crippen LogP contribution in [0.4, 0.5) is 0 Å². The minimum atomic E-state index is 0.880. The van der Waals surface area contributed by atoms with E-state index >= 15 is 0 Å². The molecule has 0 radical (unpaired) electrons. The van der Waals surface area contributed by atoms with Crippen LogP contribution < -0.4 is 0 Å². The zero-order valence-electron chi connectivity index (χ0n) is 11.0. The van der Waals surface area contributed by atoms with Gasteiger partial charge in [-0.3, -0.25) is 0 Å². The highest BCUT2D eigenvalue weighted by molar-refractivity contribution is 5.07. The van der Waals surface area contributed by atoms with Crippen LogP contribution in [0.2, 0.25) is 0 Å². The highest BCUT2D eigenvalue weighted by Crippen LogP contribution is 2.40. The fourth-order valence-corrected chi connectivity index (χ4v) is 3.75. The fraction of sp³-hybridized carbons (Fsp3) is 0.875. The lowest BCUT2D eigenvalue weighted by Gasteiger charge is -2.34. The molecule has 0 bridgehead atoms. The van der Waals surface area contributed by atoms with Gasteiger partial charge in [-0.05, 0) is 56.3 Å². The highest BCUT2D eigenvalue weighted by Gasteiger charge is 2.26. The number of rotatable bonds is 3. The van der Waals surface area contributed by atoms with Crippen molar-refractivity contribution in [2.24, 2.45) is 17.8 Å². The molecule has 0 aromatic carbocycles. The van der Waals surface area contributed by atoms with Crippen LogP contribution in [0.1, 0.15) is 71.1 Å². The first kappa shape index (κ1) is 12.2. The summed E-state index contributed by atoms with van der Waals surface area (Å²) in [7, 11) is 0. The van der Waals surface area contributed by atoms with Gasteiger partial charge < -0.3 is 0 Å². The summed E-state index contributed by atoms with van der Waals surface area (Å²) in [6.45, 7) is 6.80. The van der Waals surface area contributed by atoms with Crippen molar-refractivity contribution in [2.45, 2.75) is 71.1 Å². The highest BCUT2D eigenvalue weighted by atomic mass is 14.3. The molecule has 0 atom stereocenters. The van der Waals surface area contributed by atoms with Crippen LogP contribution in [0.3, 0.4) is 0 Å². The maximum absolute atomic E-state index is 4.45. The molecule has 0 aromatic rings. The third kappa shape index (κ3) is 2.90. The maximum atomic E-state index is 4.45. The predicted molar refractivity (Wildman–Crippen MR) is 71.5 cm³/mol. The first-order valence-corrected chi connectivity index (χ1v) is 7.50. The molecule has 0 spiro atoms. The molecule has 0 aliphatic heterocycles. The second-order valence-corrected chi connectivity index (χ2v) is 6.04. The Balaban J connectivity index is 1.81. The standard InChI is InChI=1S/C16H28/c1-3-14-9-11-16(12-10-14)13(2)15-7-5-4-6-8-15/h14-16H,2-12H2,1H3/t14-,16-. The maximum Gasteiger partial charge on any atom is -0.0203 e. The molecule has 0 unspecified atom stereocenters. The van der Waals surface area contributed by atoms with Crippen LogP contribution in [0.5, 0.6) is 0 Å². The van der Waals surface area contributed by atoms with Gasteiger partial charge in [-0.1, -0.05) is 44.8 Å². The van der Waals surface area contributed by atoms with Gasteiger partial charge in [-0.2, -0.15) is 0 Å². The SMILES string of the molecule is C=C(C1CCCCC1)[C@H]1CC[C@H](CC)CC1.